The average Bonchev–Trinajstić information content (AvgIpc) is 2.58. The summed E-state index contributed by atoms with van der Waals surface area (Å²) in [6.45, 7) is 1.91. The summed E-state index contributed by atoms with van der Waals surface area (Å²) in [4.78, 5) is 16.3. The van der Waals surface area contributed by atoms with Crippen molar-refractivity contribution in [3.63, 3.8) is 0 Å². The summed E-state index contributed by atoms with van der Waals surface area (Å²) in [7, 11) is 0. The number of alkyl halides is 3. The number of Topliss-reactive ketones (excluding diaryl/α,β-unsaturated/α-hetero) is 1. The number of hydrogen-bond acceptors (Lipinski definition) is 3. The van der Waals surface area contributed by atoms with Crippen LogP contribution in [-0.4, -0.2) is 16.3 Å². The van der Waals surface area contributed by atoms with Gasteiger partial charge in [-0.1, -0.05) is 25.1 Å². The van der Waals surface area contributed by atoms with Crippen molar-refractivity contribution in [2.24, 2.45) is 11.3 Å². The molecule has 1 aromatic carbocycles. The molecule has 3 fully saturated rings. The molecule has 3 saturated carbocycles. The fourth-order valence-electron chi connectivity index (χ4n) is 4.69. The molecule has 0 saturated heterocycles. The molecular weight excluding hydrogens is 372 g/mol. The van der Waals surface area contributed by atoms with Gasteiger partial charge in [0.15, 0.2) is 0 Å². The van der Waals surface area contributed by atoms with Crippen molar-refractivity contribution in [2.75, 3.05) is 5.32 Å². The molecule has 7 heteroatoms. The summed E-state index contributed by atoms with van der Waals surface area (Å²) < 4.78 is 51.4. The quantitative estimate of drug-likeness (QED) is 0.702. The van der Waals surface area contributed by atoms with Crippen molar-refractivity contribution < 1.29 is 22.4 Å². The van der Waals surface area contributed by atoms with Gasteiger partial charge in [0.25, 0.3) is 0 Å². The molecule has 0 spiro atoms. The standard InChI is InChI=1S/C21H20F4N2O/c1-13(16(28)9-14-5-7-15(22)8-6-14)19-10-20(11-19,12-19)27-18-4-2-3-17(26-18)21(23,24)25/h2-8,13H,9-12H2,1H3,(H,26,27). The molecule has 1 heterocycles. The van der Waals surface area contributed by atoms with Gasteiger partial charge in [-0.3, -0.25) is 4.79 Å². The number of hydrogen-bond donors (Lipinski definition) is 1. The van der Waals surface area contributed by atoms with E-state index in [1.54, 1.807) is 12.1 Å². The van der Waals surface area contributed by atoms with Crippen LogP contribution < -0.4 is 5.32 Å². The lowest BCUT2D eigenvalue weighted by molar-refractivity contribution is -0.168. The first-order chi connectivity index (χ1) is 13.1. The SMILES string of the molecule is CC(C(=O)Cc1ccc(F)cc1)C12CC(Nc3cccc(C(F)(F)F)n3)(C1)C2. The predicted molar refractivity (Wildman–Crippen MR) is 96.2 cm³/mol. The lowest BCUT2D eigenvalue weighted by Gasteiger charge is -2.72. The summed E-state index contributed by atoms with van der Waals surface area (Å²) in [5, 5.41) is 3.14. The number of rotatable bonds is 6. The summed E-state index contributed by atoms with van der Waals surface area (Å²) in [5.41, 5.74) is -0.486. The Morgan fingerprint density at radius 3 is 2.39 bits per heavy atom. The Balaban J connectivity index is 1.36. The van der Waals surface area contributed by atoms with Gasteiger partial charge in [0.05, 0.1) is 0 Å². The largest absolute Gasteiger partial charge is 0.433 e. The molecule has 1 unspecified atom stereocenters. The van der Waals surface area contributed by atoms with Crippen LogP contribution in [0.4, 0.5) is 23.4 Å². The summed E-state index contributed by atoms with van der Waals surface area (Å²) in [5.74, 6) is -0.152. The fraction of sp³-hybridized carbons (Fsp3) is 0.429. The van der Waals surface area contributed by atoms with Gasteiger partial charge in [0.2, 0.25) is 0 Å². The molecule has 0 radical (unpaired) electrons. The van der Waals surface area contributed by atoms with Crippen LogP contribution in [0.15, 0.2) is 42.5 Å². The number of nitrogens with one attached hydrogen (secondary N) is 1. The Hall–Kier alpha value is -2.44. The summed E-state index contributed by atoms with van der Waals surface area (Å²) in [6.07, 6.45) is -1.98. The van der Waals surface area contributed by atoms with Crippen molar-refractivity contribution in [1.82, 2.24) is 4.98 Å². The number of halogens is 4. The van der Waals surface area contributed by atoms with E-state index in [1.807, 2.05) is 6.92 Å². The Kier molecular flexibility index (Phi) is 4.25. The number of anilines is 1. The molecule has 1 N–H and O–H groups in total. The Morgan fingerprint density at radius 1 is 1.14 bits per heavy atom. The second-order valence-corrected chi connectivity index (χ2v) is 8.20. The molecule has 2 aromatic rings. The van der Waals surface area contributed by atoms with Crippen LogP contribution in [0.1, 0.15) is 37.4 Å². The second-order valence-electron chi connectivity index (χ2n) is 8.20. The highest BCUT2D eigenvalue weighted by atomic mass is 19.4. The zero-order valence-electron chi connectivity index (χ0n) is 15.3. The van der Waals surface area contributed by atoms with Crippen LogP contribution in [-0.2, 0) is 17.4 Å². The molecule has 3 aliphatic rings. The summed E-state index contributed by atoms with van der Waals surface area (Å²) >= 11 is 0. The first-order valence-electron chi connectivity index (χ1n) is 9.21. The van der Waals surface area contributed by atoms with E-state index in [4.69, 9.17) is 0 Å². The number of carbonyl (C=O) groups excluding carboxylic acids is 1. The third kappa shape index (κ3) is 3.27. The van der Waals surface area contributed by atoms with Gasteiger partial charge in [-0.2, -0.15) is 13.2 Å². The first kappa shape index (κ1) is 18.9. The smallest absolute Gasteiger partial charge is 0.365 e. The topological polar surface area (TPSA) is 42.0 Å². The number of ketones is 1. The van der Waals surface area contributed by atoms with E-state index in [9.17, 15) is 22.4 Å². The average molecular weight is 392 g/mol. The van der Waals surface area contributed by atoms with Crippen LogP contribution in [0, 0.1) is 17.2 Å². The molecule has 148 valence electrons. The monoisotopic (exact) mass is 392 g/mol. The van der Waals surface area contributed by atoms with E-state index in [0.29, 0.717) is 0 Å². The zero-order valence-corrected chi connectivity index (χ0v) is 15.3. The number of carbonyl (C=O) groups is 1. The van der Waals surface area contributed by atoms with Crippen molar-refractivity contribution >= 4 is 11.6 Å². The molecule has 1 aromatic heterocycles. The van der Waals surface area contributed by atoms with Crippen molar-refractivity contribution in [2.45, 2.75) is 44.3 Å². The molecule has 0 aliphatic heterocycles. The Bertz CT molecular complexity index is 888. The third-order valence-corrected chi connectivity index (χ3v) is 6.20. The van der Waals surface area contributed by atoms with Gasteiger partial charge >= 0.3 is 6.18 Å². The number of aromatic nitrogens is 1. The highest BCUT2D eigenvalue weighted by Gasteiger charge is 2.70. The highest BCUT2D eigenvalue weighted by Crippen LogP contribution is 2.71. The molecule has 5 rings (SSSR count). The number of benzene rings is 1. The lowest BCUT2D eigenvalue weighted by Crippen LogP contribution is -2.73. The third-order valence-electron chi connectivity index (χ3n) is 6.20. The van der Waals surface area contributed by atoms with Crippen LogP contribution >= 0.6 is 0 Å². The lowest BCUT2D eigenvalue weighted by atomic mass is 9.35. The van der Waals surface area contributed by atoms with Crippen LogP contribution in [0.2, 0.25) is 0 Å². The van der Waals surface area contributed by atoms with Crippen LogP contribution in [0.3, 0.4) is 0 Å². The normalized spacial score (nSPS) is 26.8. The molecule has 3 nitrogen and oxygen atoms in total. The fourth-order valence-corrected chi connectivity index (χ4v) is 4.69. The number of nitrogens with zero attached hydrogens (tertiary/aromatic N) is 1. The van der Waals surface area contributed by atoms with Gasteiger partial charge in [0.1, 0.15) is 23.1 Å². The van der Waals surface area contributed by atoms with E-state index < -0.39 is 11.9 Å². The van der Waals surface area contributed by atoms with Gasteiger partial charge < -0.3 is 5.32 Å². The van der Waals surface area contributed by atoms with E-state index >= 15 is 0 Å². The predicted octanol–water partition coefficient (Wildman–Crippen LogP) is 5.02. The first-order valence-corrected chi connectivity index (χ1v) is 9.21. The molecule has 28 heavy (non-hydrogen) atoms. The molecule has 2 bridgehead atoms. The zero-order chi connectivity index (χ0) is 20.2. The maximum atomic E-state index is 13.0. The molecule has 3 aliphatic carbocycles. The molecule has 0 amide bonds. The Morgan fingerprint density at radius 2 is 1.79 bits per heavy atom. The minimum absolute atomic E-state index is 0.0915. The van der Waals surface area contributed by atoms with Crippen molar-refractivity contribution in [3.8, 4) is 0 Å². The second kappa shape index (κ2) is 6.29. The van der Waals surface area contributed by atoms with E-state index in [1.165, 1.54) is 24.3 Å². The van der Waals surface area contributed by atoms with Gasteiger partial charge in [0, 0.05) is 17.9 Å². The van der Waals surface area contributed by atoms with Gasteiger partial charge in [-0.15, -0.1) is 0 Å². The number of pyridine rings is 1. The minimum atomic E-state index is -4.47. The minimum Gasteiger partial charge on any atom is -0.365 e. The van der Waals surface area contributed by atoms with Gasteiger partial charge in [-0.05, 0) is 54.5 Å². The van der Waals surface area contributed by atoms with Gasteiger partial charge in [-0.25, -0.2) is 9.37 Å². The maximum absolute atomic E-state index is 13.0. The summed E-state index contributed by atoms with van der Waals surface area (Å²) in [6, 6.07) is 9.74. The maximum Gasteiger partial charge on any atom is 0.433 e. The van der Waals surface area contributed by atoms with E-state index in [0.717, 1.165) is 30.9 Å². The van der Waals surface area contributed by atoms with Crippen LogP contribution in [0.25, 0.3) is 0 Å². The van der Waals surface area contributed by atoms with Crippen molar-refractivity contribution in [1.29, 1.82) is 0 Å². The Labute approximate surface area is 160 Å². The van der Waals surface area contributed by atoms with Crippen LogP contribution in [0.5, 0.6) is 0 Å². The van der Waals surface area contributed by atoms with E-state index in [2.05, 4.69) is 10.3 Å². The highest BCUT2D eigenvalue weighted by molar-refractivity contribution is 5.84. The molecular formula is C21H20F4N2O. The van der Waals surface area contributed by atoms with E-state index in [-0.39, 0.29) is 40.7 Å². The van der Waals surface area contributed by atoms with Crippen molar-refractivity contribution in [3.05, 3.63) is 59.5 Å². The molecule has 1 atom stereocenters.